The Morgan fingerprint density at radius 1 is 0.731 bits per heavy atom. The predicted octanol–water partition coefficient (Wildman–Crippen LogP) is 6.85. The zero-order valence-electron chi connectivity index (χ0n) is 11.5. The van der Waals surface area contributed by atoms with Crippen molar-refractivity contribution in [1.82, 2.24) is 0 Å². The summed E-state index contributed by atoms with van der Waals surface area (Å²) in [5.41, 5.74) is -0.365. The van der Waals surface area contributed by atoms with E-state index in [1.54, 1.807) is 0 Å². The molecule has 0 amide bonds. The van der Waals surface area contributed by atoms with Crippen LogP contribution in [0.4, 0.5) is 0 Å². The lowest BCUT2D eigenvalue weighted by Crippen LogP contribution is -2.26. The van der Waals surface area contributed by atoms with Gasteiger partial charge < -0.3 is 0 Å². The maximum atomic E-state index is 12.7. The average Bonchev–Trinajstić information content (AvgIpc) is 2.42. The number of carbonyl (C=O) groups is 1. The second-order valence-electron chi connectivity index (χ2n) is 4.38. The van der Waals surface area contributed by atoms with Crippen molar-refractivity contribution in [3.63, 3.8) is 0 Å². The van der Waals surface area contributed by atoms with Gasteiger partial charge in [-0.3, -0.25) is 4.79 Å². The van der Waals surface area contributed by atoms with Gasteiger partial charge >= 0.3 is 0 Å². The summed E-state index contributed by atoms with van der Waals surface area (Å²) in [6, 6.07) is 3.08. The van der Waals surface area contributed by atoms with Crippen LogP contribution in [0.25, 0.3) is 0 Å². The summed E-state index contributed by atoms with van der Waals surface area (Å²) < 4.78 is 45.7. The molecular weight excluding hydrogens is 983 g/mol. The zero-order valence-corrected chi connectivity index (χ0v) is 27.4. The van der Waals surface area contributed by atoms with Crippen LogP contribution in [0.3, 0.4) is 0 Å². The maximum Gasteiger partial charge on any atom is 0.239 e. The molecule has 0 heterocycles. The van der Waals surface area contributed by atoms with E-state index < -0.39 is 35.4 Å². The minimum atomic E-state index is -4.17. The van der Waals surface area contributed by atoms with Crippen LogP contribution in [0.1, 0.15) is 10.4 Å². The minimum absolute atomic E-state index is 0.300. The maximum absolute atomic E-state index is 12.7. The number of ketones is 1. The van der Waals surface area contributed by atoms with Crippen molar-refractivity contribution >= 4 is 169 Å². The quantitative estimate of drug-likeness (QED) is 0.245. The SMILES string of the molecule is O=C(c1cc(S(=O)(=O)C(Br)(Br)Br)ccc1S(=O)(=O)C(Br)(Br)Br)C(Br)(Br)Br. The first kappa shape index (κ1) is 27.1. The Labute approximate surface area is 225 Å². The van der Waals surface area contributed by atoms with Crippen LogP contribution in [0.2, 0.25) is 0 Å². The number of alkyl halides is 9. The lowest BCUT2D eigenvalue weighted by molar-refractivity contribution is 0.100. The monoisotopic (exact) mass is 977 g/mol. The summed E-state index contributed by atoms with van der Waals surface area (Å²) in [7, 11) is -8.23. The lowest BCUT2D eigenvalue weighted by atomic mass is 10.1. The van der Waals surface area contributed by atoms with Crippen molar-refractivity contribution in [3.05, 3.63) is 23.8 Å². The molecule has 0 bridgehead atoms. The van der Waals surface area contributed by atoms with E-state index in [2.05, 4.69) is 143 Å². The number of sulfone groups is 2. The molecule has 0 saturated heterocycles. The van der Waals surface area contributed by atoms with Gasteiger partial charge in [-0.25, -0.2) is 16.8 Å². The van der Waals surface area contributed by atoms with Crippen LogP contribution in [0.15, 0.2) is 28.0 Å². The topological polar surface area (TPSA) is 85.3 Å². The lowest BCUT2D eigenvalue weighted by Gasteiger charge is -2.20. The van der Waals surface area contributed by atoms with Crippen molar-refractivity contribution in [2.24, 2.45) is 0 Å². The third-order valence-electron chi connectivity index (χ3n) is 2.66. The van der Waals surface area contributed by atoms with Crippen LogP contribution in [-0.2, 0) is 19.7 Å². The van der Waals surface area contributed by atoms with E-state index in [4.69, 9.17) is 0 Å². The van der Waals surface area contributed by atoms with Gasteiger partial charge in [-0.1, -0.05) is 47.8 Å². The molecule has 0 aromatic heterocycles. The van der Waals surface area contributed by atoms with Gasteiger partial charge in [-0.2, -0.15) is 0 Å². The molecule has 0 saturated carbocycles. The summed E-state index contributed by atoms with van der Waals surface area (Å²) in [6.45, 7) is 0. The summed E-state index contributed by atoms with van der Waals surface area (Å²) in [4.78, 5) is 12.0. The van der Waals surface area contributed by atoms with E-state index >= 15 is 0 Å². The summed E-state index contributed by atoms with van der Waals surface area (Å²) in [5.74, 6) is -0.769. The molecule has 0 radical (unpaired) electrons. The first-order valence-electron chi connectivity index (χ1n) is 5.63. The Morgan fingerprint density at radius 2 is 1.15 bits per heavy atom. The molecule has 1 aromatic rings. The average molecular weight is 986 g/mol. The molecule has 148 valence electrons. The van der Waals surface area contributed by atoms with E-state index in [0.717, 1.165) is 18.2 Å². The summed E-state index contributed by atoms with van der Waals surface area (Å²) >= 11 is 26.6. The molecule has 0 aliphatic heterocycles. The van der Waals surface area contributed by atoms with Gasteiger partial charge in [0.15, 0.2) is 2.14 Å². The van der Waals surface area contributed by atoms with Gasteiger partial charge in [-0.15, -0.1) is 0 Å². The van der Waals surface area contributed by atoms with Crippen LogP contribution in [0, 0.1) is 0 Å². The Balaban J connectivity index is 3.92. The van der Waals surface area contributed by atoms with Gasteiger partial charge in [-0.05, 0) is 114 Å². The highest BCUT2D eigenvalue weighted by atomic mass is 80.0. The van der Waals surface area contributed by atoms with E-state index in [9.17, 15) is 21.6 Å². The smallest absolute Gasteiger partial charge is 0.239 e. The fraction of sp³-hybridized carbons (Fsp3) is 0.300. The summed E-state index contributed by atoms with van der Waals surface area (Å²) in [6.07, 6.45) is 0. The van der Waals surface area contributed by atoms with E-state index in [1.807, 2.05) is 0 Å². The molecule has 16 heteroatoms. The zero-order chi connectivity index (χ0) is 20.9. The van der Waals surface area contributed by atoms with Gasteiger partial charge in [0.1, 0.15) is 0 Å². The van der Waals surface area contributed by atoms with Crippen molar-refractivity contribution in [1.29, 1.82) is 0 Å². The third kappa shape index (κ3) is 5.87. The van der Waals surface area contributed by atoms with Gasteiger partial charge in [0, 0.05) is 5.56 Å². The largest absolute Gasteiger partial charge is 0.291 e. The van der Waals surface area contributed by atoms with Crippen LogP contribution >= 0.6 is 143 Å². The molecule has 26 heavy (non-hydrogen) atoms. The highest BCUT2D eigenvalue weighted by Gasteiger charge is 2.44. The molecule has 0 N–H and O–H groups in total. The molecule has 5 nitrogen and oxygen atoms in total. The fourth-order valence-corrected chi connectivity index (χ4v) is 7.12. The first-order chi connectivity index (χ1) is 11.2. The van der Waals surface area contributed by atoms with Gasteiger partial charge in [0.25, 0.3) is 0 Å². The molecule has 0 spiro atoms. The van der Waals surface area contributed by atoms with Crippen molar-refractivity contribution < 1.29 is 21.6 Å². The van der Waals surface area contributed by atoms with E-state index in [0.29, 0.717) is 0 Å². The predicted molar refractivity (Wildman–Crippen MR) is 134 cm³/mol. The Morgan fingerprint density at radius 3 is 1.50 bits per heavy atom. The minimum Gasteiger partial charge on any atom is -0.291 e. The molecule has 0 unspecified atom stereocenters. The molecule has 1 rings (SSSR count). The van der Waals surface area contributed by atoms with Crippen molar-refractivity contribution in [3.8, 4) is 0 Å². The van der Waals surface area contributed by atoms with Crippen LogP contribution < -0.4 is 0 Å². The molecule has 0 atom stereocenters. The van der Waals surface area contributed by atoms with E-state index in [-0.39, 0.29) is 10.5 Å². The second kappa shape index (κ2) is 8.93. The molecular formula is C10H3Br9O5S2. The number of hydrogen-bond acceptors (Lipinski definition) is 5. The molecule has 1 aromatic carbocycles. The summed E-state index contributed by atoms with van der Waals surface area (Å²) in [5, 5.41) is 0. The number of Topliss-reactive ketones (excluding diaryl/α,β-unsaturated/α-hetero) is 1. The standard InChI is InChI=1S/C10H3Br9O5S2/c11-8(12,13)7(20)5-3-4(25(21,22)9(14,15)16)1-2-6(5)26(23,24)10(17,18)19/h1-3H. The van der Waals surface area contributed by atoms with Crippen LogP contribution in [-0.4, -0.2) is 27.7 Å². The number of hydrogen-bond donors (Lipinski definition) is 0. The fourth-order valence-electron chi connectivity index (χ4n) is 1.50. The number of carbonyl (C=O) groups excluding carboxylic acids is 1. The van der Waals surface area contributed by atoms with Gasteiger partial charge in [0.2, 0.25) is 28.4 Å². The van der Waals surface area contributed by atoms with Gasteiger partial charge in [0.05, 0.1) is 9.79 Å². The number of rotatable bonds is 3. The highest BCUT2D eigenvalue weighted by Crippen LogP contribution is 2.48. The van der Waals surface area contributed by atoms with Crippen molar-refractivity contribution in [2.75, 3.05) is 0 Å². The number of benzene rings is 1. The third-order valence-corrected chi connectivity index (χ3v) is 14.4. The highest BCUT2D eigenvalue weighted by molar-refractivity contribution is 9.43. The second-order valence-corrected chi connectivity index (χ2v) is 32.0. The number of halogens is 9. The molecule has 0 fully saturated rings. The van der Waals surface area contributed by atoms with E-state index in [1.165, 1.54) is 0 Å². The van der Waals surface area contributed by atoms with Crippen LogP contribution in [0.5, 0.6) is 0 Å². The Bertz CT molecular complexity index is 937. The normalized spacial score (nSPS) is 14.3. The van der Waals surface area contributed by atoms with Crippen molar-refractivity contribution in [2.45, 2.75) is 14.9 Å². The Hall–Kier alpha value is 3.11. The Kier molecular flexibility index (Phi) is 9.32. The molecule has 0 aliphatic rings. The molecule has 0 aliphatic carbocycles. The first-order valence-corrected chi connectivity index (χ1v) is 15.7.